The number of hydrogen-bond donors (Lipinski definition) is 1. The summed E-state index contributed by atoms with van der Waals surface area (Å²) >= 11 is 3.31. The van der Waals surface area contributed by atoms with Crippen LogP contribution < -0.4 is 10.9 Å². The summed E-state index contributed by atoms with van der Waals surface area (Å²) in [5.74, 6) is -0.396. The fourth-order valence-electron chi connectivity index (χ4n) is 2.34. The normalized spacial score (nSPS) is 10.4. The Hall–Kier alpha value is -3.33. The van der Waals surface area contributed by atoms with Crippen LogP contribution >= 0.6 is 15.9 Å². The number of nitrogens with zero attached hydrogens (tertiary/aromatic N) is 3. The maximum absolute atomic E-state index is 12.2. The molecular formula is C18H13BrN4O4. The number of aromatic nitrogens is 2. The second kappa shape index (κ2) is 7.92. The van der Waals surface area contributed by atoms with Crippen molar-refractivity contribution in [2.24, 2.45) is 0 Å². The highest BCUT2D eigenvalue weighted by Crippen LogP contribution is 2.19. The van der Waals surface area contributed by atoms with Crippen molar-refractivity contribution >= 4 is 33.2 Å². The Balaban J connectivity index is 1.78. The summed E-state index contributed by atoms with van der Waals surface area (Å²) < 4.78 is 1.93. The lowest BCUT2D eigenvalue weighted by molar-refractivity contribution is -0.384. The minimum atomic E-state index is -0.495. The van der Waals surface area contributed by atoms with Gasteiger partial charge in [-0.05, 0) is 42.5 Å². The number of nitrogens with one attached hydrogen (secondary N) is 1. The smallest absolute Gasteiger partial charge is 0.269 e. The highest BCUT2D eigenvalue weighted by molar-refractivity contribution is 9.10. The zero-order valence-electron chi connectivity index (χ0n) is 13.8. The van der Waals surface area contributed by atoms with E-state index in [0.717, 1.165) is 9.15 Å². The van der Waals surface area contributed by atoms with Gasteiger partial charge in [0.1, 0.15) is 6.54 Å². The largest absolute Gasteiger partial charge is 0.324 e. The van der Waals surface area contributed by atoms with E-state index in [1.807, 2.05) is 0 Å². The summed E-state index contributed by atoms with van der Waals surface area (Å²) in [4.78, 5) is 34.4. The minimum absolute atomic E-state index is 0.0408. The quantitative estimate of drug-likeness (QED) is 0.495. The predicted octanol–water partition coefficient (Wildman–Crippen LogP) is 3.22. The minimum Gasteiger partial charge on any atom is -0.324 e. The Morgan fingerprint density at radius 1 is 1.07 bits per heavy atom. The van der Waals surface area contributed by atoms with E-state index in [9.17, 15) is 19.7 Å². The van der Waals surface area contributed by atoms with Gasteiger partial charge >= 0.3 is 0 Å². The number of non-ortho nitro benzene ring substituents is 1. The molecule has 0 aliphatic heterocycles. The Labute approximate surface area is 161 Å². The Bertz CT molecular complexity index is 1050. The summed E-state index contributed by atoms with van der Waals surface area (Å²) in [5.41, 5.74) is 1.17. The maximum Gasteiger partial charge on any atom is 0.269 e. The van der Waals surface area contributed by atoms with E-state index in [1.54, 1.807) is 24.3 Å². The van der Waals surface area contributed by atoms with E-state index in [2.05, 4.69) is 26.3 Å². The highest BCUT2D eigenvalue weighted by Gasteiger charge is 2.10. The fraction of sp³-hybridized carbons (Fsp3) is 0.0556. The van der Waals surface area contributed by atoms with Gasteiger partial charge in [0.2, 0.25) is 5.91 Å². The molecule has 1 heterocycles. The van der Waals surface area contributed by atoms with Crippen LogP contribution in [0.15, 0.2) is 69.9 Å². The Morgan fingerprint density at radius 3 is 2.37 bits per heavy atom. The number of amides is 1. The standard InChI is InChI=1S/C18H13BrN4O4/c19-13-3-5-14(6-4-13)20-17(24)11-22-18(25)10-9-16(21-22)12-1-7-15(8-2-12)23(26)27/h1-10H,11H2,(H,20,24). The molecule has 1 N–H and O–H groups in total. The summed E-state index contributed by atoms with van der Waals surface area (Å²) in [6.45, 7) is -0.254. The number of rotatable bonds is 5. The first-order valence-electron chi connectivity index (χ1n) is 7.81. The molecule has 0 radical (unpaired) electrons. The molecule has 3 aromatic rings. The van der Waals surface area contributed by atoms with Gasteiger partial charge in [-0.15, -0.1) is 0 Å². The summed E-state index contributed by atoms with van der Waals surface area (Å²) in [7, 11) is 0. The molecule has 27 heavy (non-hydrogen) atoms. The van der Waals surface area contributed by atoms with Gasteiger partial charge in [-0.3, -0.25) is 19.7 Å². The lowest BCUT2D eigenvalue weighted by atomic mass is 10.1. The van der Waals surface area contributed by atoms with Crippen molar-refractivity contribution in [2.75, 3.05) is 5.32 Å². The molecule has 0 aliphatic carbocycles. The third-order valence-electron chi connectivity index (χ3n) is 3.66. The number of benzene rings is 2. The molecule has 3 rings (SSSR count). The number of carbonyl (C=O) groups is 1. The molecule has 0 saturated heterocycles. The van der Waals surface area contributed by atoms with Crippen LogP contribution in [0.5, 0.6) is 0 Å². The van der Waals surface area contributed by atoms with Crippen LogP contribution in [0, 0.1) is 10.1 Å². The van der Waals surface area contributed by atoms with Crippen molar-refractivity contribution in [3.63, 3.8) is 0 Å². The molecule has 136 valence electrons. The van der Waals surface area contributed by atoms with Gasteiger partial charge in [-0.25, -0.2) is 4.68 Å². The molecule has 0 bridgehead atoms. The lowest BCUT2D eigenvalue weighted by Crippen LogP contribution is -2.29. The number of halogens is 1. The zero-order valence-corrected chi connectivity index (χ0v) is 15.4. The second-order valence-electron chi connectivity index (χ2n) is 5.57. The fourth-order valence-corrected chi connectivity index (χ4v) is 2.60. The number of hydrogen-bond acceptors (Lipinski definition) is 5. The van der Waals surface area contributed by atoms with Gasteiger partial charge in [-0.1, -0.05) is 15.9 Å². The molecule has 0 fully saturated rings. The van der Waals surface area contributed by atoms with Gasteiger partial charge in [0.15, 0.2) is 0 Å². The van der Waals surface area contributed by atoms with Gasteiger partial charge in [0.05, 0.1) is 10.6 Å². The summed E-state index contributed by atoms with van der Waals surface area (Å²) in [6, 6.07) is 15.6. The van der Waals surface area contributed by atoms with Crippen molar-refractivity contribution in [1.29, 1.82) is 0 Å². The number of nitro benzene ring substituents is 1. The van der Waals surface area contributed by atoms with Crippen LogP contribution in [-0.4, -0.2) is 20.6 Å². The third kappa shape index (κ3) is 4.64. The SMILES string of the molecule is O=C(Cn1nc(-c2ccc([N+](=O)[O-])cc2)ccc1=O)Nc1ccc(Br)cc1. The van der Waals surface area contributed by atoms with E-state index >= 15 is 0 Å². The first kappa shape index (κ1) is 18.5. The molecule has 8 nitrogen and oxygen atoms in total. The van der Waals surface area contributed by atoms with Gasteiger partial charge < -0.3 is 5.32 Å². The first-order valence-corrected chi connectivity index (χ1v) is 8.60. The summed E-state index contributed by atoms with van der Waals surface area (Å²) in [6.07, 6.45) is 0. The molecule has 0 saturated carbocycles. The molecule has 0 aliphatic rings. The van der Waals surface area contributed by atoms with Crippen molar-refractivity contribution < 1.29 is 9.72 Å². The van der Waals surface area contributed by atoms with E-state index in [1.165, 1.54) is 36.4 Å². The van der Waals surface area contributed by atoms with E-state index in [-0.39, 0.29) is 12.2 Å². The monoisotopic (exact) mass is 428 g/mol. The molecule has 1 aromatic heterocycles. The van der Waals surface area contributed by atoms with Crippen molar-refractivity contribution in [1.82, 2.24) is 9.78 Å². The van der Waals surface area contributed by atoms with Crippen LogP contribution in [0.3, 0.4) is 0 Å². The summed E-state index contributed by atoms with van der Waals surface area (Å²) in [5, 5.41) is 17.6. The second-order valence-corrected chi connectivity index (χ2v) is 6.49. The average molecular weight is 429 g/mol. The molecule has 0 unspecified atom stereocenters. The van der Waals surface area contributed by atoms with Crippen molar-refractivity contribution in [3.05, 3.63) is 85.6 Å². The Kier molecular flexibility index (Phi) is 5.41. The van der Waals surface area contributed by atoms with E-state index < -0.39 is 16.4 Å². The molecule has 1 amide bonds. The molecule has 0 spiro atoms. The molecule has 9 heteroatoms. The van der Waals surface area contributed by atoms with Crippen LogP contribution in [0.1, 0.15) is 0 Å². The van der Waals surface area contributed by atoms with Gasteiger partial charge in [0.25, 0.3) is 11.2 Å². The van der Waals surface area contributed by atoms with Crippen LogP contribution in [0.4, 0.5) is 11.4 Å². The van der Waals surface area contributed by atoms with Gasteiger partial charge in [0, 0.05) is 33.9 Å². The first-order chi connectivity index (χ1) is 12.9. The van der Waals surface area contributed by atoms with Crippen molar-refractivity contribution in [3.8, 4) is 11.3 Å². The van der Waals surface area contributed by atoms with Gasteiger partial charge in [-0.2, -0.15) is 5.10 Å². The van der Waals surface area contributed by atoms with Crippen LogP contribution in [0.25, 0.3) is 11.3 Å². The zero-order chi connectivity index (χ0) is 19.4. The highest BCUT2D eigenvalue weighted by atomic mass is 79.9. The number of anilines is 1. The van der Waals surface area contributed by atoms with Crippen LogP contribution in [0.2, 0.25) is 0 Å². The Morgan fingerprint density at radius 2 is 1.74 bits per heavy atom. The average Bonchev–Trinajstić information content (AvgIpc) is 2.65. The van der Waals surface area contributed by atoms with Crippen LogP contribution in [-0.2, 0) is 11.3 Å². The molecule has 0 atom stereocenters. The molecule has 2 aromatic carbocycles. The van der Waals surface area contributed by atoms with Crippen molar-refractivity contribution in [2.45, 2.75) is 6.54 Å². The van der Waals surface area contributed by atoms with E-state index in [4.69, 9.17) is 0 Å². The predicted molar refractivity (Wildman–Crippen MR) is 103 cm³/mol. The number of nitro groups is 1. The number of carbonyl (C=O) groups excluding carboxylic acids is 1. The maximum atomic E-state index is 12.2. The third-order valence-corrected chi connectivity index (χ3v) is 4.19. The topological polar surface area (TPSA) is 107 Å². The van der Waals surface area contributed by atoms with E-state index in [0.29, 0.717) is 16.9 Å². The molecular weight excluding hydrogens is 416 g/mol. The lowest BCUT2D eigenvalue weighted by Gasteiger charge is -2.08.